The number of nitrogens with zero attached hydrogens (tertiary/aromatic N) is 1. The first-order valence-electron chi connectivity index (χ1n) is 7.64. The van der Waals surface area contributed by atoms with Gasteiger partial charge < -0.3 is 9.84 Å². The van der Waals surface area contributed by atoms with Crippen LogP contribution in [0.4, 0.5) is 0 Å². The van der Waals surface area contributed by atoms with Crippen LogP contribution in [0.1, 0.15) is 42.8 Å². The lowest BCUT2D eigenvalue weighted by molar-refractivity contribution is -0.121. The third-order valence-corrected chi connectivity index (χ3v) is 4.07. The Balaban J connectivity index is 1.85. The van der Waals surface area contributed by atoms with E-state index in [2.05, 4.69) is 36.5 Å². The second-order valence-corrected chi connectivity index (χ2v) is 6.33. The van der Waals surface area contributed by atoms with Gasteiger partial charge in [0.05, 0.1) is 5.69 Å². The molecule has 0 saturated carbocycles. The second-order valence-electron chi connectivity index (χ2n) is 6.33. The number of rotatable bonds is 6. The van der Waals surface area contributed by atoms with E-state index in [1.807, 2.05) is 32.0 Å². The molecule has 0 aliphatic rings. The van der Waals surface area contributed by atoms with Crippen molar-refractivity contribution in [2.24, 2.45) is 0 Å². The number of aryl methyl sites for hydroxylation is 2. The molecule has 0 spiro atoms. The molecule has 0 atom stereocenters. The smallest absolute Gasteiger partial charge is 0.220 e. The van der Waals surface area contributed by atoms with Crippen molar-refractivity contribution in [1.82, 2.24) is 10.5 Å². The lowest BCUT2D eigenvalue weighted by Gasteiger charge is -2.25. The molecule has 1 aromatic carbocycles. The van der Waals surface area contributed by atoms with Crippen molar-refractivity contribution in [3.8, 4) is 0 Å². The van der Waals surface area contributed by atoms with Crippen molar-refractivity contribution in [2.45, 2.75) is 46.0 Å². The molecule has 2 aromatic rings. The maximum Gasteiger partial charge on any atom is 0.220 e. The van der Waals surface area contributed by atoms with Crippen LogP contribution in [0.5, 0.6) is 0 Å². The van der Waals surface area contributed by atoms with Gasteiger partial charge in [0.15, 0.2) is 0 Å². The van der Waals surface area contributed by atoms with Crippen molar-refractivity contribution < 1.29 is 9.32 Å². The van der Waals surface area contributed by atoms with Gasteiger partial charge in [-0.3, -0.25) is 4.79 Å². The van der Waals surface area contributed by atoms with Crippen LogP contribution in [0.15, 0.2) is 34.9 Å². The molecule has 4 nitrogen and oxygen atoms in total. The summed E-state index contributed by atoms with van der Waals surface area (Å²) >= 11 is 0. The summed E-state index contributed by atoms with van der Waals surface area (Å²) in [5.74, 6) is 0.860. The molecule has 118 valence electrons. The zero-order valence-corrected chi connectivity index (χ0v) is 13.8. The summed E-state index contributed by atoms with van der Waals surface area (Å²) in [5, 5.41) is 6.95. The minimum atomic E-state index is -0.0834. The molecule has 4 heteroatoms. The third-order valence-electron chi connectivity index (χ3n) is 4.07. The van der Waals surface area contributed by atoms with E-state index in [1.165, 1.54) is 5.56 Å². The predicted octanol–water partition coefficient (Wildman–Crippen LogP) is 3.32. The van der Waals surface area contributed by atoms with Crippen LogP contribution in [0.25, 0.3) is 0 Å². The number of nitrogens with one attached hydrogen (secondary N) is 1. The average molecular weight is 300 g/mol. The van der Waals surface area contributed by atoms with E-state index in [-0.39, 0.29) is 11.3 Å². The fourth-order valence-electron chi connectivity index (χ4n) is 2.50. The molecule has 1 amide bonds. The van der Waals surface area contributed by atoms with E-state index in [9.17, 15) is 4.79 Å². The zero-order valence-electron chi connectivity index (χ0n) is 13.8. The van der Waals surface area contributed by atoms with E-state index in [1.54, 1.807) is 0 Å². The highest BCUT2D eigenvalue weighted by atomic mass is 16.5. The van der Waals surface area contributed by atoms with Crippen molar-refractivity contribution in [2.75, 3.05) is 6.54 Å². The van der Waals surface area contributed by atoms with Crippen molar-refractivity contribution >= 4 is 5.91 Å². The van der Waals surface area contributed by atoms with Gasteiger partial charge >= 0.3 is 0 Å². The van der Waals surface area contributed by atoms with Gasteiger partial charge in [-0.25, -0.2) is 0 Å². The standard InChI is InChI=1S/C18H24N2O2/c1-13-16(14(2)22-20-13)10-11-17(21)19-12-18(3,4)15-8-6-5-7-9-15/h5-9H,10-12H2,1-4H3,(H,19,21). The van der Waals surface area contributed by atoms with Gasteiger partial charge in [-0.1, -0.05) is 49.3 Å². The molecule has 1 N–H and O–H groups in total. The van der Waals surface area contributed by atoms with E-state index in [0.717, 1.165) is 17.0 Å². The van der Waals surface area contributed by atoms with Crippen LogP contribution in [0.3, 0.4) is 0 Å². The topological polar surface area (TPSA) is 55.1 Å². The lowest BCUT2D eigenvalue weighted by atomic mass is 9.84. The molecule has 0 bridgehead atoms. The zero-order chi connectivity index (χ0) is 16.2. The van der Waals surface area contributed by atoms with Gasteiger partial charge in [0.25, 0.3) is 0 Å². The molecule has 0 aliphatic heterocycles. The van der Waals surface area contributed by atoms with Crippen LogP contribution in [-0.2, 0) is 16.6 Å². The molecular formula is C18H24N2O2. The van der Waals surface area contributed by atoms with Gasteiger partial charge in [-0.2, -0.15) is 0 Å². The highest BCUT2D eigenvalue weighted by molar-refractivity contribution is 5.76. The summed E-state index contributed by atoms with van der Waals surface area (Å²) in [6.07, 6.45) is 1.12. The molecule has 2 rings (SSSR count). The number of benzene rings is 1. The molecular weight excluding hydrogens is 276 g/mol. The summed E-state index contributed by atoms with van der Waals surface area (Å²) in [4.78, 5) is 12.1. The third kappa shape index (κ3) is 3.97. The molecule has 22 heavy (non-hydrogen) atoms. The minimum Gasteiger partial charge on any atom is -0.361 e. The van der Waals surface area contributed by atoms with Crippen molar-refractivity contribution in [3.05, 3.63) is 52.9 Å². The Morgan fingerprint density at radius 3 is 2.50 bits per heavy atom. The number of carbonyl (C=O) groups is 1. The number of carbonyl (C=O) groups excluding carboxylic acids is 1. The maximum atomic E-state index is 12.1. The number of hydrogen-bond donors (Lipinski definition) is 1. The van der Waals surface area contributed by atoms with E-state index in [4.69, 9.17) is 4.52 Å². The van der Waals surface area contributed by atoms with Crippen molar-refractivity contribution in [1.29, 1.82) is 0 Å². The Bertz CT molecular complexity index is 610. The van der Waals surface area contributed by atoms with Crippen LogP contribution in [-0.4, -0.2) is 17.6 Å². The average Bonchev–Trinajstić information content (AvgIpc) is 2.83. The minimum absolute atomic E-state index is 0.0593. The first kappa shape index (κ1) is 16.3. The van der Waals surface area contributed by atoms with E-state index in [0.29, 0.717) is 19.4 Å². The molecule has 0 aliphatic carbocycles. The fraction of sp³-hybridized carbons (Fsp3) is 0.444. The molecule has 1 heterocycles. The Labute approximate surface area is 131 Å². The number of aromatic nitrogens is 1. The van der Waals surface area contributed by atoms with Crippen molar-refractivity contribution in [3.63, 3.8) is 0 Å². The van der Waals surface area contributed by atoms with Gasteiger partial charge in [0, 0.05) is 23.9 Å². The monoisotopic (exact) mass is 300 g/mol. The molecule has 0 saturated heterocycles. The second kappa shape index (κ2) is 6.77. The Morgan fingerprint density at radius 1 is 1.23 bits per heavy atom. The van der Waals surface area contributed by atoms with Crippen LogP contribution >= 0.6 is 0 Å². The van der Waals surface area contributed by atoms with Gasteiger partial charge in [0.1, 0.15) is 5.76 Å². The summed E-state index contributed by atoms with van der Waals surface area (Å²) in [5.41, 5.74) is 3.05. The summed E-state index contributed by atoms with van der Waals surface area (Å²) in [7, 11) is 0. The first-order valence-corrected chi connectivity index (χ1v) is 7.64. The highest BCUT2D eigenvalue weighted by Gasteiger charge is 2.21. The maximum absolute atomic E-state index is 12.1. The van der Waals surface area contributed by atoms with E-state index < -0.39 is 0 Å². The normalized spacial score (nSPS) is 11.5. The Hall–Kier alpha value is -2.10. The lowest BCUT2D eigenvalue weighted by Crippen LogP contribution is -2.36. The number of amides is 1. The Morgan fingerprint density at radius 2 is 1.91 bits per heavy atom. The number of hydrogen-bond acceptors (Lipinski definition) is 3. The van der Waals surface area contributed by atoms with Gasteiger partial charge in [-0.15, -0.1) is 0 Å². The molecule has 0 unspecified atom stereocenters. The largest absolute Gasteiger partial charge is 0.361 e. The van der Waals surface area contributed by atoms with Gasteiger partial charge in [-0.05, 0) is 25.8 Å². The fourth-order valence-corrected chi connectivity index (χ4v) is 2.50. The highest BCUT2D eigenvalue weighted by Crippen LogP contribution is 2.21. The first-order chi connectivity index (χ1) is 10.4. The molecule has 0 fully saturated rings. The molecule has 0 radical (unpaired) electrons. The Kier molecular flexibility index (Phi) is 5.01. The quantitative estimate of drug-likeness (QED) is 0.890. The summed E-state index contributed by atoms with van der Waals surface area (Å²) in [6, 6.07) is 10.2. The van der Waals surface area contributed by atoms with Crippen LogP contribution in [0, 0.1) is 13.8 Å². The van der Waals surface area contributed by atoms with Crippen LogP contribution in [0.2, 0.25) is 0 Å². The van der Waals surface area contributed by atoms with E-state index >= 15 is 0 Å². The summed E-state index contributed by atoms with van der Waals surface area (Å²) < 4.78 is 5.12. The van der Waals surface area contributed by atoms with Gasteiger partial charge in [0.2, 0.25) is 5.91 Å². The predicted molar refractivity (Wildman–Crippen MR) is 86.8 cm³/mol. The molecule has 1 aromatic heterocycles. The summed E-state index contributed by atoms with van der Waals surface area (Å²) in [6.45, 7) is 8.68. The van der Waals surface area contributed by atoms with Crippen LogP contribution < -0.4 is 5.32 Å². The SMILES string of the molecule is Cc1noc(C)c1CCC(=O)NCC(C)(C)c1ccccc1.